The molecule has 4 aliphatic carbocycles. The molecule has 4 saturated carbocycles. The van der Waals surface area contributed by atoms with E-state index in [0.717, 1.165) is 32.1 Å². The zero-order chi connectivity index (χ0) is 23.7. The normalized spacial score (nSPS) is 29.5. The van der Waals surface area contributed by atoms with Crippen molar-refractivity contribution in [3.05, 3.63) is 57.4 Å². The highest BCUT2D eigenvalue weighted by molar-refractivity contribution is 6.33. The minimum Gasteiger partial charge on any atom is -0.307 e. The van der Waals surface area contributed by atoms with Gasteiger partial charge in [0.15, 0.2) is 5.82 Å². The number of hydrogen-bond acceptors (Lipinski definition) is 4. The second kappa shape index (κ2) is 7.93. The van der Waals surface area contributed by atoms with Crippen molar-refractivity contribution in [1.29, 1.82) is 0 Å². The maximum atomic E-state index is 14.2. The van der Waals surface area contributed by atoms with Gasteiger partial charge in [-0.2, -0.15) is 5.10 Å². The van der Waals surface area contributed by atoms with E-state index in [4.69, 9.17) is 34.8 Å². The predicted molar refractivity (Wildman–Crippen MR) is 126 cm³/mol. The molecule has 1 aromatic carbocycles. The number of rotatable bonds is 5. The van der Waals surface area contributed by atoms with Crippen LogP contribution in [0.4, 0.5) is 10.2 Å². The summed E-state index contributed by atoms with van der Waals surface area (Å²) in [6.45, 7) is 0.104. The number of nitrogens with zero attached hydrogens (tertiary/aromatic N) is 5. The van der Waals surface area contributed by atoms with Crippen LogP contribution < -0.4 is 5.32 Å². The van der Waals surface area contributed by atoms with E-state index in [1.807, 2.05) is 4.68 Å². The molecule has 2 heterocycles. The minimum atomic E-state index is -0.523. The van der Waals surface area contributed by atoms with Gasteiger partial charge in [-0.05, 0) is 74.1 Å². The van der Waals surface area contributed by atoms with E-state index in [1.165, 1.54) is 10.7 Å². The van der Waals surface area contributed by atoms with Gasteiger partial charge in [0, 0.05) is 16.8 Å². The Morgan fingerprint density at radius 3 is 2.56 bits per heavy atom. The molecule has 0 saturated heterocycles. The lowest BCUT2D eigenvalue weighted by molar-refractivity contribution is -0.150. The standard InChI is InChI=1S/C23H22Cl3FN6O/c24-16-2-1-3-18(27)15(16)9-32-10-17(25)19(30-32)29-20(34)22-5-13-4-14(6-22)8-23(7-13,11-22)33-12-28-21(26)31-33/h1-3,10,12-14H,4-9,11H2,(H,29,30,34). The van der Waals surface area contributed by atoms with Crippen LogP contribution in [-0.2, 0) is 16.9 Å². The lowest BCUT2D eigenvalue weighted by Crippen LogP contribution is -2.60. The third kappa shape index (κ3) is 3.62. The maximum Gasteiger partial charge on any atom is 0.242 e. The Morgan fingerprint density at radius 2 is 1.88 bits per heavy atom. The second-order valence-electron chi connectivity index (χ2n) is 10.1. The number of hydrogen-bond donors (Lipinski definition) is 1. The second-order valence-corrected chi connectivity index (χ2v) is 11.3. The molecule has 2 atom stereocenters. The SMILES string of the molecule is O=C(Nc1nn(Cc2c(F)cccc2Cl)cc1Cl)C12CC3CC(C1)CC(n1cnc(Cl)n1)(C3)C2. The van der Waals surface area contributed by atoms with Crippen molar-refractivity contribution in [3.63, 3.8) is 0 Å². The van der Waals surface area contributed by atoms with Gasteiger partial charge < -0.3 is 5.32 Å². The number of benzene rings is 1. The fraction of sp³-hybridized carbons (Fsp3) is 0.478. The number of halogens is 4. The van der Waals surface area contributed by atoms with Crippen LogP contribution in [0.15, 0.2) is 30.7 Å². The number of aromatic nitrogens is 5. The first-order chi connectivity index (χ1) is 16.3. The topological polar surface area (TPSA) is 77.6 Å². The van der Waals surface area contributed by atoms with Gasteiger partial charge in [-0.25, -0.2) is 14.1 Å². The highest BCUT2D eigenvalue weighted by atomic mass is 35.5. The van der Waals surface area contributed by atoms with Gasteiger partial charge in [0.1, 0.15) is 17.2 Å². The summed E-state index contributed by atoms with van der Waals surface area (Å²) < 4.78 is 17.6. The maximum absolute atomic E-state index is 14.2. The van der Waals surface area contributed by atoms with Gasteiger partial charge in [0.25, 0.3) is 0 Å². The molecule has 1 N–H and O–H groups in total. The fourth-order valence-electron chi connectivity index (χ4n) is 6.87. The molecule has 3 aromatic rings. The van der Waals surface area contributed by atoms with E-state index >= 15 is 0 Å². The van der Waals surface area contributed by atoms with Crippen molar-refractivity contribution in [2.24, 2.45) is 17.3 Å². The largest absolute Gasteiger partial charge is 0.307 e. The van der Waals surface area contributed by atoms with Crippen LogP contribution in [0.2, 0.25) is 15.3 Å². The summed E-state index contributed by atoms with van der Waals surface area (Å²) in [7, 11) is 0. The molecule has 7 rings (SSSR count). The molecule has 4 fully saturated rings. The van der Waals surface area contributed by atoms with Crippen molar-refractivity contribution in [1.82, 2.24) is 24.5 Å². The number of carbonyl (C=O) groups is 1. The van der Waals surface area contributed by atoms with Crippen LogP contribution in [-0.4, -0.2) is 30.5 Å². The van der Waals surface area contributed by atoms with Crippen molar-refractivity contribution >= 4 is 46.5 Å². The summed E-state index contributed by atoms with van der Waals surface area (Å²) in [6.07, 6.45) is 8.71. The van der Waals surface area contributed by atoms with E-state index < -0.39 is 11.2 Å². The van der Waals surface area contributed by atoms with Crippen LogP contribution in [0.5, 0.6) is 0 Å². The zero-order valence-corrected chi connectivity index (χ0v) is 20.4. The third-order valence-electron chi connectivity index (χ3n) is 7.79. The third-order valence-corrected chi connectivity index (χ3v) is 8.60. The van der Waals surface area contributed by atoms with E-state index in [1.54, 1.807) is 24.7 Å². The Kier molecular flexibility index (Phi) is 5.21. The Hall–Kier alpha value is -2.16. The Bertz CT molecular complexity index is 1260. The quantitative estimate of drug-likeness (QED) is 0.475. The molecule has 2 aromatic heterocycles. The molecule has 7 nitrogen and oxygen atoms in total. The van der Waals surface area contributed by atoms with E-state index in [-0.39, 0.29) is 29.1 Å². The average molecular weight is 524 g/mol. The summed E-state index contributed by atoms with van der Waals surface area (Å²) in [5, 5.41) is 12.6. The van der Waals surface area contributed by atoms with Crippen LogP contribution >= 0.6 is 34.8 Å². The number of nitrogens with one attached hydrogen (secondary N) is 1. The Morgan fingerprint density at radius 1 is 1.12 bits per heavy atom. The zero-order valence-electron chi connectivity index (χ0n) is 18.1. The van der Waals surface area contributed by atoms with Gasteiger partial charge in [-0.3, -0.25) is 9.48 Å². The fourth-order valence-corrected chi connectivity index (χ4v) is 7.41. The number of carbonyl (C=O) groups excluding carboxylic acids is 1. The summed E-state index contributed by atoms with van der Waals surface area (Å²) in [5.41, 5.74) is -0.452. The van der Waals surface area contributed by atoms with E-state index in [2.05, 4.69) is 20.5 Å². The first-order valence-electron chi connectivity index (χ1n) is 11.3. The lowest BCUT2D eigenvalue weighted by atomic mass is 9.46. The van der Waals surface area contributed by atoms with Gasteiger partial charge in [-0.1, -0.05) is 29.3 Å². The Labute approximate surface area is 210 Å². The smallest absolute Gasteiger partial charge is 0.242 e. The molecular weight excluding hydrogens is 502 g/mol. The van der Waals surface area contributed by atoms with Gasteiger partial charge in [0.05, 0.1) is 17.5 Å². The van der Waals surface area contributed by atoms with E-state index in [0.29, 0.717) is 33.9 Å². The molecule has 34 heavy (non-hydrogen) atoms. The highest BCUT2D eigenvalue weighted by Crippen LogP contribution is 2.64. The molecule has 0 radical (unpaired) electrons. The molecule has 4 bridgehead atoms. The summed E-state index contributed by atoms with van der Waals surface area (Å²) in [4.78, 5) is 17.8. The predicted octanol–water partition coefficient (Wildman–Crippen LogP) is 5.56. The molecule has 1 amide bonds. The number of amides is 1. The van der Waals surface area contributed by atoms with Crippen LogP contribution in [0.1, 0.15) is 44.1 Å². The molecule has 2 unspecified atom stereocenters. The highest BCUT2D eigenvalue weighted by Gasteiger charge is 2.61. The van der Waals surface area contributed by atoms with E-state index in [9.17, 15) is 9.18 Å². The average Bonchev–Trinajstić information content (AvgIpc) is 3.36. The van der Waals surface area contributed by atoms with Crippen molar-refractivity contribution in [3.8, 4) is 0 Å². The molecular formula is C23H22Cl3FN6O. The van der Waals surface area contributed by atoms with Gasteiger partial charge >= 0.3 is 0 Å². The van der Waals surface area contributed by atoms with Crippen molar-refractivity contribution in [2.75, 3.05) is 5.32 Å². The van der Waals surface area contributed by atoms with Crippen LogP contribution in [0.25, 0.3) is 0 Å². The Balaban J connectivity index is 1.25. The first kappa shape index (κ1) is 22.3. The molecule has 0 spiro atoms. The minimum absolute atomic E-state index is 0.0757. The van der Waals surface area contributed by atoms with Crippen LogP contribution in [0, 0.1) is 23.1 Å². The van der Waals surface area contributed by atoms with Crippen LogP contribution in [0.3, 0.4) is 0 Å². The molecule has 178 valence electrons. The molecule has 4 aliphatic rings. The monoisotopic (exact) mass is 522 g/mol. The summed E-state index contributed by atoms with van der Waals surface area (Å²) >= 11 is 18.6. The lowest BCUT2D eigenvalue weighted by Gasteiger charge is -2.60. The molecule has 0 aliphatic heterocycles. The van der Waals surface area contributed by atoms with Crippen molar-refractivity contribution < 1.29 is 9.18 Å². The van der Waals surface area contributed by atoms with Gasteiger partial charge in [-0.15, -0.1) is 5.10 Å². The summed E-state index contributed by atoms with van der Waals surface area (Å²) in [5.74, 6) is 0.676. The summed E-state index contributed by atoms with van der Waals surface area (Å²) in [6, 6.07) is 4.52. The molecule has 11 heteroatoms. The van der Waals surface area contributed by atoms with Crippen molar-refractivity contribution in [2.45, 2.75) is 50.6 Å². The van der Waals surface area contributed by atoms with Gasteiger partial charge in [0.2, 0.25) is 11.2 Å². The first-order valence-corrected chi connectivity index (χ1v) is 12.4. The number of anilines is 1.